The van der Waals surface area contributed by atoms with Crippen LogP contribution in [0.2, 0.25) is 0 Å². The van der Waals surface area contributed by atoms with Gasteiger partial charge in [0.25, 0.3) is 0 Å². The minimum absolute atomic E-state index is 0.525. The molecule has 116 valence electrons. The van der Waals surface area contributed by atoms with E-state index in [0.717, 1.165) is 12.8 Å². The Morgan fingerprint density at radius 1 is 0.632 bits per heavy atom. The van der Waals surface area contributed by atoms with Gasteiger partial charge in [-0.1, -0.05) is 84.0 Å². The summed E-state index contributed by atoms with van der Waals surface area (Å²) in [4.78, 5) is 0. The van der Waals surface area contributed by atoms with E-state index in [0.29, 0.717) is 0 Å². The van der Waals surface area contributed by atoms with Gasteiger partial charge >= 0.3 is 0 Å². The van der Waals surface area contributed by atoms with E-state index in [1.807, 2.05) is 0 Å². The summed E-state index contributed by atoms with van der Waals surface area (Å²) in [6.45, 7) is 3.92. The number of hydrogen-bond acceptors (Lipinski definition) is 2. The summed E-state index contributed by atoms with van der Waals surface area (Å²) < 4.78 is 0. The van der Waals surface area contributed by atoms with Gasteiger partial charge in [-0.2, -0.15) is 0 Å². The SMILES string of the molecule is CCCCCCCCCCCCCCC(O)C(C)O. The zero-order chi connectivity index (χ0) is 14.3. The molecule has 2 atom stereocenters. The summed E-state index contributed by atoms with van der Waals surface area (Å²) in [6.07, 6.45) is 15.7. The highest BCUT2D eigenvalue weighted by atomic mass is 16.3. The zero-order valence-corrected chi connectivity index (χ0v) is 13.2. The van der Waals surface area contributed by atoms with Crippen LogP contribution in [0.3, 0.4) is 0 Å². The van der Waals surface area contributed by atoms with Crippen LogP contribution in [-0.2, 0) is 0 Å². The zero-order valence-electron chi connectivity index (χ0n) is 13.2. The number of rotatable bonds is 14. The van der Waals surface area contributed by atoms with Crippen molar-refractivity contribution in [1.29, 1.82) is 0 Å². The van der Waals surface area contributed by atoms with Gasteiger partial charge < -0.3 is 10.2 Å². The molecule has 0 heterocycles. The number of aliphatic hydroxyl groups excluding tert-OH is 2. The number of aliphatic hydroxyl groups is 2. The standard InChI is InChI=1S/C17H36O2/c1-3-4-5-6-7-8-9-10-11-12-13-14-15-17(19)16(2)18/h16-19H,3-15H2,1-2H3. The monoisotopic (exact) mass is 272 g/mol. The van der Waals surface area contributed by atoms with Crippen molar-refractivity contribution in [1.82, 2.24) is 0 Å². The van der Waals surface area contributed by atoms with E-state index in [9.17, 15) is 5.11 Å². The predicted molar refractivity (Wildman–Crippen MR) is 83.4 cm³/mol. The minimum Gasteiger partial charge on any atom is -0.391 e. The Labute approximate surface area is 120 Å². The van der Waals surface area contributed by atoms with Crippen molar-refractivity contribution in [2.24, 2.45) is 0 Å². The minimum atomic E-state index is -0.576. The van der Waals surface area contributed by atoms with Crippen LogP contribution in [0.5, 0.6) is 0 Å². The summed E-state index contributed by atoms with van der Waals surface area (Å²) in [6, 6.07) is 0. The van der Waals surface area contributed by atoms with Crippen molar-refractivity contribution in [3.63, 3.8) is 0 Å². The summed E-state index contributed by atoms with van der Waals surface area (Å²) in [5, 5.41) is 18.6. The Kier molecular flexibility index (Phi) is 14.3. The molecule has 0 amide bonds. The summed E-state index contributed by atoms with van der Waals surface area (Å²) in [7, 11) is 0. The van der Waals surface area contributed by atoms with E-state index < -0.39 is 12.2 Å². The van der Waals surface area contributed by atoms with Gasteiger partial charge in [-0.05, 0) is 13.3 Å². The van der Waals surface area contributed by atoms with E-state index >= 15 is 0 Å². The van der Waals surface area contributed by atoms with E-state index in [1.54, 1.807) is 6.92 Å². The van der Waals surface area contributed by atoms with Crippen molar-refractivity contribution < 1.29 is 10.2 Å². The Balaban J connectivity index is 3.03. The first-order valence-electron chi connectivity index (χ1n) is 8.54. The fourth-order valence-corrected chi connectivity index (χ4v) is 2.44. The fraction of sp³-hybridized carbons (Fsp3) is 1.00. The van der Waals surface area contributed by atoms with Crippen molar-refractivity contribution in [2.75, 3.05) is 0 Å². The maximum Gasteiger partial charge on any atom is 0.0796 e. The highest BCUT2D eigenvalue weighted by Crippen LogP contribution is 2.13. The maximum atomic E-state index is 9.44. The summed E-state index contributed by atoms with van der Waals surface area (Å²) in [5.74, 6) is 0. The van der Waals surface area contributed by atoms with Crippen LogP contribution in [-0.4, -0.2) is 22.4 Å². The molecule has 0 aromatic carbocycles. The molecule has 2 nitrogen and oxygen atoms in total. The number of unbranched alkanes of at least 4 members (excludes halogenated alkanes) is 11. The normalized spacial score (nSPS) is 14.5. The first-order valence-corrected chi connectivity index (χ1v) is 8.54. The molecular weight excluding hydrogens is 236 g/mol. The van der Waals surface area contributed by atoms with Gasteiger partial charge in [-0.25, -0.2) is 0 Å². The van der Waals surface area contributed by atoms with Gasteiger partial charge in [0.2, 0.25) is 0 Å². The molecule has 0 saturated carbocycles. The average molecular weight is 272 g/mol. The Morgan fingerprint density at radius 2 is 1.00 bits per heavy atom. The molecular formula is C17H36O2. The Bertz CT molecular complexity index is 169. The van der Waals surface area contributed by atoms with Crippen LogP contribution >= 0.6 is 0 Å². The molecule has 0 rings (SSSR count). The van der Waals surface area contributed by atoms with Crippen molar-refractivity contribution in [2.45, 2.75) is 110 Å². The van der Waals surface area contributed by atoms with Crippen LogP contribution in [0.1, 0.15) is 97.3 Å². The number of hydrogen-bond donors (Lipinski definition) is 2. The molecule has 0 aliphatic heterocycles. The highest BCUT2D eigenvalue weighted by molar-refractivity contribution is 4.61. The molecule has 0 aliphatic carbocycles. The lowest BCUT2D eigenvalue weighted by molar-refractivity contribution is 0.0247. The second-order valence-corrected chi connectivity index (χ2v) is 5.99. The fourth-order valence-electron chi connectivity index (χ4n) is 2.44. The molecule has 0 radical (unpaired) electrons. The van der Waals surface area contributed by atoms with Crippen molar-refractivity contribution in [3.05, 3.63) is 0 Å². The lowest BCUT2D eigenvalue weighted by atomic mass is 10.0. The van der Waals surface area contributed by atoms with Crippen LogP contribution < -0.4 is 0 Å². The summed E-state index contributed by atoms with van der Waals surface area (Å²) in [5.41, 5.74) is 0. The van der Waals surface area contributed by atoms with Crippen LogP contribution in [0.15, 0.2) is 0 Å². The third-order valence-corrected chi connectivity index (χ3v) is 3.91. The first kappa shape index (κ1) is 18.9. The van der Waals surface area contributed by atoms with Crippen LogP contribution in [0.4, 0.5) is 0 Å². The molecule has 0 saturated heterocycles. The van der Waals surface area contributed by atoms with Gasteiger partial charge in [-0.3, -0.25) is 0 Å². The van der Waals surface area contributed by atoms with Gasteiger partial charge in [0.05, 0.1) is 12.2 Å². The third-order valence-electron chi connectivity index (χ3n) is 3.91. The molecule has 2 N–H and O–H groups in total. The molecule has 0 aromatic heterocycles. The van der Waals surface area contributed by atoms with E-state index in [4.69, 9.17) is 5.11 Å². The largest absolute Gasteiger partial charge is 0.391 e. The van der Waals surface area contributed by atoms with Gasteiger partial charge in [0.1, 0.15) is 0 Å². The molecule has 2 unspecified atom stereocenters. The summed E-state index contributed by atoms with van der Waals surface area (Å²) >= 11 is 0. The van der Waals surface area contributed by atoms with E-state index in [2.05, 4.69) is 6.92 Å². The van der Waals surface area contributed by atoms with Crippen molar-refractivity contribution in [3.8, 4) is 0 Å². The quantitative estimate of drug-likeness (QED) is 0.445. The second kappa shape index (κ2) is 14.3. The van der Waals surface area contributed by atoms with Crippen LogP contribution in [0, 0.1) is 0 Å². The Morgan fingerprint density at radius 3 is 1.37 bits per heavy atom. The average Bonchev–Trinajstić information content (AvgIpc) is 2.39. The van der Waals surface area contributed by atoms with Gasteiger partial charge in [0.15, 0.2) is 0 Å². The third kappa shape index (κ3) is 14.1. The van der Waals surface area contributed by atoms with Gasteiger partial charge in [0, 0.05) is 0 Å². The predicted octanol–water partition coefficient (Wildman–Crippen LogP) is 4.82. The molecule has 2 heteroatoms. The maximum absolute atomic E-state index is 9.44. The smallest absolute Gasteiger partial charge is 0.0796 e. The molecule has 19 heavy (non-hydrogen) atoms. The molecule has 0 fully saturated rings. The molecule has 0 spiro atoms. The molecule has 0 bridgehead atoms. The first-order chi connectivity index (χ1) is 9.18. The van der Waals surface area contributed by atoms with E-state index in [-0.39, 0.29) is 0 Å². The van der Waals surface area contributed by atoms with Gasteiger partial charge in [-0.15, -0.1) is 0 Å². The second-order valence-electron chi connectivity index (χ2n) is 5.99. The topological polar surface area (TPSA) is 40.5 Å². The van der Waals surface area contributed by atoms with E-state index in [1.165, 1.54) is 70.6 Å². The Hall–Kier alpha value is -0.0800. The van der Waals surface area contributed by atoms with Crippen molar-refractivity contribution >= 4 is 0 Å². The lowest BCUT2D eigenvalue weighted by Crippen LogP contribution is -2.21. The molecule has 0 aliphatic rings. The lowest BCUT2D eigenvalue weighted by Gasteiger charge is -2.12. The molecule has 0 aromatic rings. The van der Waals surface area contributed by atoms with Crippen LogP contribution in [0.25, 0.3) is 0 Å². The highest BCUT2D eigenvalue weighted by Gasteiger charge is 2.09.